The summed E-state index contributed by atoms with van der Waals surface area (Å²) in [5, 5.41) is 3.24. The van der Waals surface area contributed by atoms with Crippen LogP contribution in [0.4, 0.5) is 0 Å². The van der Waals surface area contributed by atoms with E-state index in [0.717, 1.165) is 11.3 Å². The Bertz CT molecular complexity index is 821. The van der Waals surface area contributed by atoms with E-state index in [0.29, 0.717) is 17.3 Å². The molecule has 0 bridgehead atoms. The maximum Gasteiger partial charge on any atom is 0.242 e. The highest BCUT2D eigenvalue weighted by Crippen LogP contribution is 2.19. The van der Waals surface area contributed by atoms with E-state index in [9.17, 15) is 9.59 Å². The summed E-state index contributed by atoms with van der Waals surface area (Å²) in [4.78, 5) is 26.7. The maximum atomic E-state index is 12.9. The van der Waals surface area contributed by atoms with Crippen LogP contribution in [0.15, 0.2) is 42.5 Å². The van der Waals surface area contributed by atoms with Gasteiger partial charge in [-0.05, 0) is 44.0 Å². The average molecular weight is 419 g/mol. The van der Waals surface area contributed by atoms with Crippen LogP contribution >= 0.6 is 23.4 Å². The van der Waals surface area contributed by atoms with Crippen molar-refractivity contribution in [1.29, 1.82) is 0 Å². The number of carbonyl (C=O) groups is 2. The lowest BCUT2D eigenvalue weighted by Gasteiger charge is -2.28. The zero-order valence-corrected chi connectivity index (χ0v) is 18.4. The number of aryl methyl sites for hydroxylation is 2. The molecule has 6 heteroatoms. The van der Waals surface area contributed by atoms with Crippen molar-refractivity contribution in [3.8, 4) is 0 Å². The maximum absolute atomic E-state index is 12.9. The molecular weight excluding hydrogens is 392 g/mol. The lowest BCUT2D eigenvalue weighted by molar-refractivity contribution is -0.138. The number of likely N-dealkylation sites (N-methyl/N-ethyl adjacent to an activating group) is 1. The number of halogens is 1. The Morgan fingerprint density at radius 1 is 1.11 bits per heavy atom. The third-order valence-corrected chi connectivity index (χ3v) is 5.66. The normalized spacial score (nSPS) is 11.8. The first kappa shape index (κ1) is 22.3. The number of hydrogen-bond donors (Lipinski definition) is 1. The number of benzene rings is 2. The van der Waals surface area contributed by atoms with Gasteiger partial charge in [-0.3, -0.25) is 9.59 Å². The molecular formula is C22H27ClN2O2S. The Morgan fingerprint density at radius 3 is 2.39 bits per heavy atom. The Morgan fingerprint density at radius 2 is 1.79 bits per heavy atom. The molecule has 1 atom stereocenters. The second kappa shape index (κ2) is 10.5. The van der Waals surface area contributed by atoms with Gasteiger partial charge >= 0.3 is 0 Å². The molecule has 0 heterocycles. The molecule has 0 saturated carbocycles. The van der Waals surface area contributed by atoms with Crippen LogP contribution in [0.5, 0.6) is 0 Å². The van der Waals surface area contributed by atoms with E-state index in [1.807, 2.05) is 18.2 Å². The monoisotopic (exact) mass is 418 g/mol. The van der Waals surface area contributed by atoms with Crippen molar-refractivity contribution >= 4 is 35.2 Å². The fourth-order valence-electron chi connectivity index (χ4n) is 3.11. The fourth-order valence-corrected chi connectivity index (χ4v) is 4.17. The summed E-state index contributed by atoms with van der Waals surface area (Å²) >= 11 is 7.63. The van der Waals surface area contributed by atoms with Crippen molar-refractivity contribution in [2.24, 2.45) is 0 Å². The van der Waals surface area contributed by atoms with Crippen molar-refractivity contribution in [3.63, 3.8) is 0 Å². The van der Waals surface area contributed by atoms with Gasteiger partial charge in [-0.25, -0.2) is 0 Å². The molecule has 150 valence electrons. The summed E-state index contributed by atoms with van der Waals surface area (Å²) in [7, 11) is 1.58. The van der Waals surface area contributed by atoms with Crippen LogP contribution in [-0.2, 0) is 21.9 Å². The third kappa shape index (κ3) is 6.57. The van der Waals surface area contributed by atoms with Crippen molar-refractivity contribution in [3.05, 3.63) is 69.7 Å². The van der Waals surface area contributed by atoms with E-state index in [2.05, 4.69) is 37.4 Å². The molecule has 2 rings (SSSR count). The molecule has 28 heavy (non-hydrogen) atoms. The molecule has 1 unspecified atom stereocenters. The summed E-state index contributed by atoms with van der Waals surface area (Å²) in [6.07, 6.45) is 0. The highest BCUT2D eigenvalue weighted by molar-refractivity contribution is 7.99. The van der Waals surface area contributed by atoms with Gasteiger partial charge in [-0.15, -0.1) is 11.8 Å². The Balaban J connectivity index is 2.06. The largest absolute Gasteiger partial charge is 0.357 e. The molecule has 4 nitrogen and oxygen atoms in total. The van der Waals surface area contributed by atoms with Crippen LogP contribution in [0, 0.1) is 13.8 Å². The Labute approximate surface area is 176 Å². The van der Waals surface area contributed by atoms with Gasteiger partial charge in [0.25, 0.3) is 0 Å². The average Bonchev–Trinajstić information content (AvgIpc) is 2.64. The molecule has 0 aliphatic heterocycles. The first-order valence-electron chi connectivity index (χ1n) is 9.20. The molecule has 0 spiro atoms. The highest BCUT2D eigenvalue weighted by atomic mass is 35.5. The van der Waals surface area contributed by atoms with E-state index in [1.165, 1.54) is 16.7 Å². The van der Waals surface area contributed by atoms with E-state index >= 15 is 0 Å². The first-order valence-corrected chi connectivity index (χ1v) is 10.7. The molecule has 2 aromatic rings. The molecule has 0 aliphatic carbocycles. The summed E-state index contributed by atoms with van der Waals surface area (Å²) in [5.41, 5.74) is 4.54. The third-order valence-electron chi connectivity index (χ3n) is 4.43. The van der Waals surface area contributed by atoms with Crippen molar-refractivity contribution in [2.75, 3.05) is 12.8 Å². The van der Waals surface area contributed by atoms with Crippen molar-refractivity contribution in [2.45, 2.75) is 39.1 Å². The quantitative estimate of drug-likeness (QED) is 0.693. The zero-order chi connectivity index (χ0) is 20.7. The van der Waals surface area contributed by atoms with Crippen LogP contribution in [-0.4, -0.2) is 35.6 Å². The van der Waals surface area contributed by atoms with Gasteiger partial charge in [0.1, 0.15) is 6.04 Å². The standard InChI is InChI=1S/C22H27ClN2O2S/c1-15-8-16(2)10-19(9-15)13-28-14-21(26)25(17(3)22(27)24-4)12-18-6-5-7-20(23)11-18/h5-11,17H,12-14H2,1-4H3,(H,24,27). The second-order valence-electron chi connectivity index (χ2n) is 6.93. The number of thioether (sulfide) groups is 1. The molecule has 0 aliphatic rings. The van der Waals surface area contributed by atoms with Gasteiger partial charge < -0.3 is 10.2 Å². The van der Waals surface area contributed by atoms with Crippen LogP contribution in [0.1, 0.15) is 29.2 Å². The molecule has 0 fully saturated rings. The molecule has 2 amide bonds. The summed E-state index contributed by atoms with van der Waals surface area (Å²) in [6.45, 7) is 6.24. The molecule has 0 aromatic heterocycles. The minimum absolute atomic E-state index is 0.0644. The Kier molecular flexibility index (Phi) is 8.39. The Hall–Kier alpha value is -1.98. The van der Waals surface area contributed by atoms with E-state index in [-0.39, 0.29) is 11.8 Å². The summed E-state index contributed by atoms with van der Waals surface area (Å²) < 4.78 is 0. The number of nitrogens with one attached hydrogen (secondary N) is 1. The highest BCUT2D eigenvalue weighted by Gasteiger charge is 2.25. The lowest BCUT2D eigenvalue weighted by Crippen LogP contribution is -2.47. The molecule has 2 aromatic carbocycles. The number of hydrogen-bond acceptors (Lipinski definition) is 3. The van der Waals surface area contributed by atoms with Gasteiger partial charge in [0.15, 0.2) is 0 Å². The van der Waals surface area contributed by atoms with Crippen LogP contribution in [0.25, 0.3) is 0 Å². The SMILES string of the molecule is CNC(=O)C(C)N(Cc1cccc(Cl)c1)C(=O)CSCc1cc(C)cc(C)c1. The van der Waals surface area contributed by atoms with Crippen LogP contribution < -0.4 is 5.32 Å². The number of amides is 2. The number of nitrogens with zero attached hydrogens (tertiary/aromatic N) is 1. The number of rotatable bonds is 8. The van der Waals surface area contributed by atoms with E-state index in [1.54, 1.807) is 36.7 Å². The van der Waals surface area contributed by atoms with Gasteiger partial charge in [0, 0.05) is 24.4 Å². The van der Waals surface area contributed by atoms with Gasteiger partial charge in [0.05, 0.1) is 5.75 Å². The van der Waals surface area contributed by atoms with Gasteiger partial charge in [-0.1, -0.05) is 53.1 Å². The second-order valence-corrected chi connectivity index (χ2v) is 8.35. The lowest BCUT2D eigenvalue weighted by atomic mass is 10.1. The van der Waals surface area contributed by atoms with Crippen LogP contribution in [0.2, 0.25) is 5.02 Å². The fraction of sp³-hybridized carbons (Fsp3) is 0.364. The predicted molar refractivity (Wildman–Crippen MR) is 118 cm³/mol. The topological polar surface area (TPSA) is 49.4 Å². The van der Waals surface area contributed by atoms with Gasteiger partial charge in [0.2, 0.25) is 11.8 Å². The molecule has 1 N–H and O–H groups in total. The van der Waals surface area contributed by atoms with Gasteiger partial charge in [-0.2, -0.15) is 0 Å². The molecule has 0 saturated heterocycles. The smallest absolute Gasteiger partial charge is 0.242 e. The van der Waals surface area contributed by atoms with Crippen molar-refractivity contribution in [1.82, 2.24) is 10.2 Å². The zero-order valence-electron chi connectivity index (χ0n) is 16.8. The molecule has 0 radical (unpaired) electrons. The number of carbonyl (C=O) groups excluding carboxylic acids is 2. The van der Waals surface area contributed by atoms with E-state index in [4.69, 9.17) is 11.6 Å². The summed E-state index contributed by atoms with van der Waals surface area (Å²) in [5.74, 6) is 0.822. The minimum atomic E-state index is -0.557. The predicted octanol–water partition coefficient (Wildman–Crippen LogP) is 4.35. The minimum Gasteiger partial charge on any atom is -0.357 e. The summed E-state index contributed by atoms with van der Waals surface area (Å²) in [6, 6.07) is 13.2. The van der Waals surface area contributed by atoms with Crippen molar-refractivity contribution < 1.29 is 9.59 Å². The first-order chi connectivity index (χ1) is 13.3. The van der Waals surface area contributed by atoms with Crippen LogP contribution in [0.3, 0.4) is 0 Å². The van der Waals surface area contributed by atoms with E-state index < -0.39 is 6.04 Å².